The summed E-state index contributed by atoms with van der Waals surface area (Å²) in [5, 5.41) is 3.09. The Morgan fingerprint density at radius 3 is 2.79 bits per heavy atom. The number of anilines is 1. The van der Waals surface area contributed by atoms with E-state index in [2.05, 4.69) is 5.32 Å². The maximum absolute atomic E-state index is 12.5. The predicted octanol–water partition coefficient (Wildman–Crippen LogP) is 3.54. The number of methoxy groups -OCH3 is 1. The molecule has 1 heterocycles. The van der Waals surface area contributed by atoms with Crippen LogP contribution >= 0.6 is 11.6 Å². The summed E-state index contributed by atoms with van der Waals surface area (Å²) in [5.74, 6) is -0.190. The average Bonchev–Trinajstić information content (AvgIpc) is 2.60. The van der Waals surface area contributed by atoms with Crippen molar-refractivity contribution in [3.05, 3.63) is 64.2 Å². The van der Waals surface area contributed by atoms with Gasteiger partial charge in [-0.15, -0.1) is 0 Å². The Bertz CT molecular complexity index is 845. The number of carbonyl (C=O) groups excluding carboxylic acids is 2. The summed E-state index contributed by atoms with van der Waals surface area (Å²) in [6.07, 6.45) is 1.76. The summed E-state index contributed by atoms with van der Waals surface area (Å²) in [6.45, 7) is 0.150. The van der Waals surface area contributed by atoms with E-state index < -0.39 is 5.97 Å². The zero-order valence-corrected chi connectivity index (χ0v) is 13.6. The normalized spacial score (nSPS) is 12.5. The molecule has 24 heavy (non-hydrogen) atoms. The van der Waals surface area contributed by atoms with Crippen LogP contribution in [0.5, 0.6) is 5.75 Å². The highest BCUT2D eigenvalue weighted by Gasteiger charge is 2.20. The highest BCUT2D eigenvalue weighted by Crippen LogP contribution is 2.27. The Morgan fingerprint density at radius 2 is 2.00 bits per heavy atom. The molecule has 1 amide bonds. The standard InChI is InChI=1S/C18H14ClNO4/c1-23-18(22)14-7-6-13(19)9-15(14)20-17(21)12-8-11-4-2-3-5-16(11)24-10-12/h2-9H,10H2,1H3,(H,20,21). The van der Waals surface area contributed by atoms with Crippen molar-refractivity contribution in [3.8, 4) is 5.75 Å². The highest BCUT2D eigenvalue weighted by atomic mass is 35.5. The lowest BCUT2D eigenvalue weighted by atomic mass is 10.1. The van der Waals surface area contributed by atoms with Gasteiger partial charge in [-0.2, -0.15) is 0 Å². The Hall–Kier alpha value is -2.79. The second-order valence-corrected chi connectivity index (χ2v) is 5.57. The Balaban J connectivity index is 1.87. The first kappa shape index (κ1) is 16.1. The molecule has 0 unspecified atom stereocenters. The first-order valence-corrected chi connectivity index (χ1v) is 7.58. The molecule has 0 bridgehead atoms. The van der Waals surface area contributed by atoms with Gasteiger partial charge in [0.05, 0.1) is 23.9 Å². The molecule has 0 fully saturated rings. The lowest BCUT2D eigenvalue weighted by molar-refractivity contribution is -0.113. The summed E-state index contributed by atoms with van der Waals surface area (Å²) in [6, 6.07) is 12.0. The van der Waals surface area contributed by atoms with E-state index in [1.165, 1.54) is 19.2 Å². The van der Waals surface area contributed by atoms with Crippen molar-refractivity contribution in [3.63, 3.8) is 0 Å². The molecular formula is C18H14ClNO4. The summed E-state index contributed by atoms with van der Waals surface area (Å²) in [5.41, 5.74) is 1.80. The van der Waals surface area contributed by atoms with Crippen LogP contribution < -0.4 is 10.1 Å². The van der Waals surface area contributed by atoms with Gasteiger partial charge in [-0.05, 0) is 30.3 Å². The van der Waals surface area contributed by atoms with Crippen LogP contribution in [0.1, 0.15) is 15.9 Å². The number of carbonyl (C=O) groups is 2. The molecule has 1 N–H and O–H groups in total. The fourth-order valence-electron chi connectivity index (χ4n) is 2.36. The van der Waals surface area contributed by atoms with Crippen LogP contribution in [-0.4, -0.2) is 25.6 Å². The molecule has 6 heteroatoms. The number of fused-ring (bicyclic) bond motifs is 1. The molecule has 0 saturated heterocycles. The van der Waals surface area contributed by atoms with Gasteiger partial charge in [-0.3, -0.25) is 4.79 Å². The first-order chi connectivity index (χ1) is 11.6. The zero-order valence-electron chi connectivity index (χ0n) is 12.8. The number of amides is 1. The largest absolute Gasteiger partial charge is 0.488 e. The predicted molar refractivity (Wildman–Crippen MR) is 91.3 cm³/mol. The second kappa shape index (κ2) is 6.76. The van der Waals surface area contributed by atoms with Gasteiger partial charge in [0.15, 0.2) is 0 Å². The molecule has 0 aliphatic carbocycles. The molecule has 2 aromatic carbocycles. The van der Waals surface area contributed by atoms with Gasteiger partial charge in [0.1, 0.15) is 12.4 Å². The Kier molecular flexibility index (Phi) is 4.53. The van der Waals surface area contributed by atoms with Crippen molar-refractivity contribution in [1.82, 2.24) is 0 Å². The molecule has 1 aliphatic heterocycles. The third kappa shape index (κ3) is 3.26. The van der Waals surface area contributed by atoms with Crippen molar-refractivity contribution in [1.29, 1.82) is 0 Å². The van der Waals surface area contributed by atoms with Gasteiger partial charge in [0.25, 0.3) is 5.91 Å². The number of hydrogen-bond acceptors (Lipinski definition) is 4. The molecule has 0 atom stereocenters. The minimum absolute atomic E-state index is 0.150. The fraction of sp³-hybridized carbons (Fsp3) is 0.111. The van der Waals surface area contributed by atoms with Crippen LogP contribution in [0, 0.1) is 0 Å². The molecule has 0 radical (unpaired) electrons. The molecule has 5 nitrogen and oxygen atoms in total. The maximum Gasteiger partial charge on any atom is 0.339 e. The van der Waals surface area contributed by atoms with Gasteiger partial charge < -0.3 is 14.8 Å². The Morgan fingerprint density at radius 1 is 1.21 bits per heavy atom. The number of rotatable bonds is 3. The van der Waals surface area contributed by atoms with Crippen LogP contribution in [0.3, 0.4) is 0 Å². The van der Waals surface area contributed by atoms with Gasteiger partial charge >= 0.3 is 5.97 Å². The summed E-state index contributed by atoms with van der Waals surface area (Å²) in [7, 11) is 1.27. The molecular weight excluding hydrogens is 330 g/mol. The molecule has 2 aromatic rings. The molecule has 0 aromatic heterocycles. The zero-order chi connectivity index (χ0) is 17.1. The minimum atomic E-state index is -0.554. The van der Waals surface area contributed by atoms with E-state index in [1.807, 2.05) is 24.3 Å². The number of benzene rings is 2. The number of esters is 1. The van der Waals surface area contributed by atoms with Crippen molar-refractivity contribution in [2.24, 2.45) is 0 Å². The Labute approximate surface area is 143 Å². The SMILES string of the molecule is COC(=O)c1ccc(Cl)cc1NC(=O)C1=Cc2ccccc2OC1. The molecule has 3 rings (SSSR count). The number of halogens is 1. The quantitative estimate of drug-likeness (QED) is 0.866. The van der Waals surface area contributed by atoms with E-state index in [1.54, 1.807) is 12.1 Å². The van der Waals surface area contributed by atoms with E-state index in [-0.39, 0.29) is 18.1 Å². The molecule has 0 spiro atoms. The molecule has 1 aliphatic rings. The van der Waals surface area contributed by atoms with E-state index >= 15 is 0 Å². The fourth-order valence-corrected chi connectivity index (χ4v) is 2.53. The van der Waals surface area contributed by atoms with Crippen molar-refractivity contribution >= 4 is 35.2 Å². The first-order valence-electron chi connectivity index (χ1n) is 7.20. The van der Waals surface area contributed by atoms with E-state index in [4.69, 9.17) is 21.1 Å². The number of para-hydroxylation sites is 1. The van der Waals surface area contributed by atoms with Gasteiger partial charge in [0.2, 0.25) is 0 Å². The monoisotopic (exact) mass is 343 g/mol. The number of ether oxygens (including phenoxy) is 2. The summed E-state index contributed by atoms with van der Waals surface area (Å²) < 4.78 is 10.3. The number of nitrogens with one attached hydrogen (secondary N) is 1. The topological polar surface area (TPSA) is 64.6 Å². The third-order valence-electron chi connectivity index (χ3n) is 3.56. The van der Waals surface area contributed by atoms with Crippen LogP contribution in [0.2, 0.25) is 5.02 Å². The second-order valence-electron chi connectivity index (χ2n) is 5.13. The van der Waals surface area contributed by atoms with Crippen molar-refractivity contribution in [2.45, 2.75) is 0 Å². The minimum Gasteiger partial charge on any atom is -0.488 e. The van der Waals surface area contributed by atoms with Crippen molar-refractivity contribution < 1.29 is 19.1 Å². The molecule has 122 valence electrons. The van der Waals surface area contributed by atoms with Crippen LogP contribution in [0.25, 0.3) is 6.08 Å². The average molecular weight is 344 g/mol. The van der Waals surface area contributed by atoms with Gasteiger partial charge in [-0.25, -0.2) is 4.79 Å². The summed E-state index contributed by atoms with van der Waals surface area (Å²) in [4.78, 5) is 24.3. The summed E-state index contributed by atoms with van der Waals surface area (Å²) >= 11 is 5.96. The van der Waals surface area contributed by atoms with E-state index in [0.29, 0.717) is 16.3 Å². The maximum atomic E-state index is 12.5. The van der Waals surface area contributed by atoms with E-state index in [0.717, 1.165) is 11.3 Å². The smallest absolute Gasteiger partial charge is 0.339 e. The third-order valence-corrected chi connectivity index (χ3v) is 3.79. The van der Waals surface area contributed by atoms with Crippen LogP contribution in [0.4, 0.5) is 5.69 Å². The lowest BCUT2D eigenvalue weighted by Gasteiger charge is -2.18. The molecule has 0 saturated carbocycles. The lowest BCUT2D eigenvalue weighted by Crippen LogP contribution is -2.22. The van der Waals surface area contributed by atoms with Gasteiger partial charge in [0, 0.05) is 10.6 Å². The number of hydrogen-bond donors (Lipinski definition) is 1. The van der Waals surface area contributed by atoms with Crippen LogP contribution in [0.15, 0.2) is 48.0 Å². The van der Waals surface area contributed by atoms with Gasteiger partial charge in [-0.1, -0.05) is 29.8 Å². The highest BCUT2D eigenvalue weighted by molar-refractivity contribution is 6.31. The van der Waals surface area contributed by atoms with E-state index in [9.17, 15) is 9.59 Å². The van der Waals surface area contributed by atoms with Crippen LogP contribution in [-0.2, 0) is 9.53 Å². The van der Waals surface area contributed by atoms with Crippen molar-refractivity contribution in [2.75, 3.05) is 19.0 Å².